The van der Waals surface area contributed by atoms with Crippen LogP contribution in [0.15, 0.2) is 36.4 Å². The molecule has 2 bridgehead atoms. The first-order chi connectivity index (χ1) is 11.7. The zero-order valence-corrected chi connectivity index (χ0v) is 14.6. The number of para-hydroxylation sites is 1. The smallest absolute Gasteiger partial charge is 0.261 e. The Morgan fingerprint density at radius 2 is 2.12 bits per heavy atom. The Labute approximate surface area is 146 Å². The van der Waals surface area contributed by atoms with E-state index in [-0.39, 0.29) is 11.9 Å². The van der Waals surface area contributed by atoms with Gasteiger partial charge in [0.15, 0.2) is 0 Å². The summed E-state index contributed by atoms with van der Waals surface area (Å²) >= 11 is 1.52. The van der Waals surface area contributed by atoms with Gasteiger partial charge in [-0.25, -0.2) is 0 Å². The Kier molecular flexibility index (Phi) is 4.29. The van der Waals surface area contributed by atoms with Crippen molar-refractivity contribution in [3.8, 4) is 16.2 Å². The van der Waals surface area contributed by atoms with E-state index in [0.717, 1.165) is 40.0 Å². The highest BCUT2D eigenvalue weighted by molar-refractivity contribution is 7.17. The fourth-order valence-corrected chi connectivity index (χ4v) is 4.81. The van der Waals surface area contributed by atoms with Gasteiger partial charge < -0.3 is 15.0 Å². The third-order valence-corrected chi connectivity index (χ3v) is 6.12. The first kappa shape index (κ1) is 15.7. The number of rotatable bonds is 4. The third-order valence-electron chi connectivity index (χ3n) is 5.00. The summed E-state index contributed by atoms with van der Waals surface area (Å²) in [4.78, 5) is 16.9. The molecular weight excluding hydrogens is 320 g/mol. The van der Waals surface area contributed by atoms with E-state index in [1.54, 1.807) is 7.11 Å². The van der Waals surface area contributed by atoms with Gasteiger partial charge in [0.2, 0.25) is 0 Å². The molecule has 24 heavy (non-hydrogen) atoms. The third kappa shape index (κ3) is 3.06. The molecule has 3 atom stereocenters. The number of hydrogen-bond donors (Lipinski definition) is 1. The maximum atomic E-state index is 12.6. The monoisotopic (exact) mass is 342 g/mol. The van der Waals surface area contributed by atoms with E-state index >= 15 is 0 Å². The number of benzene rings is 1. The van der Waals surface area contributed by atoms with Gasteiger partial charge in [0.25, 0.3) is 5.91 Å². The molecule has 2 saturated heterocycles. The van der Waals surface area contributed by atoms with Gasteiger partial charge in [0.05, 0.1) is 12.0 Å². The number of piperidine rings is 1. The van der Waals surface area contributed by atoms with E-state index in [1.807, 2.05) is 36.4 Å². The van der Waals surface area contributed by atoms with Gasteiger partial charge in [-0.15, -0.1) is 11.3 Å². The maximum Gasteiger partial charge on any atom is 0.261 e. The minimum Gasteiger partial charge on any atom is -0.496 e. The zero-order valence-electron chi connectivity index (χ0n) is 13.8. The van der Waals surface area contributed by atoms with Crippen molar-refractivity contribution >= 4 is 17.2 Å². The fraction of sp³-hybridized carbons (Fsp3) is 0.421. The summed E-state index contributed by atoms with van der Waals surface area (Å²) in [5.74, 6) is 1.65. The van der Waals surface area contributed by atoms with E-state index in [2.05, 4.69) is 10.2 Å². The number of methoxy groups -OCH3 is 1. The number of carbonyl (C=O) groups excluding carboxylic acids is 1. The van der Waals surface area contributed by atoms with E-state index < -0.39 is 0 Å². The molecule has 0 spiro atoms. The van der Waals surface area contributed by atoms with Crippen LogP contribution >= 0.6 is 11.3 Å². The van der Waals surface area contributed by atoms with Crippen LogP contribution in [-0.2, 0) is 0 Å². The largest absolute Gasteiger partial charge is 0.496 e. The number of hydrogen-bond acceptors (Lipinski definition) is 4. The summed E-state index contributed by atoms with van der Waals surface area (Å²) in [5, 5.41) is 3.23. The molecule has 4 rings (SSSR count). The molecule has 5 heteroatoms. The van der Waals surface area contributed by atoms with Crippen LogP contribution in [0.4, 0.5) is 0 Å². The van der Waals surface area contributed by atoms with Crippen LogP contribution in [0.25, 0.3) is 10.4 Å². The van der Waals surface area contributed by atoms with Crippen molar-refractivity contribution < 1.29 is 9.53 Å². The molecule has 0 aliphatic carbocycles. The minimum absolute atomic E-state index is 0.0497. The number of ether oxygens (including phenoxy) is 1. The SMILES string of the molecule is COc1ccccc1-c1ccc(C(=O)N[C@H]2C[C@H]3CCN(C3)C2)s1. The van der Waals surface area contributed by atoms with E-state index in [0.29, 0.717) is 0 Å². The molecule has 2 aliphatic rings. The molecule has 1 aromatic heterocycles. The summed E-state index contributed by atoms with van der Waals surface area (Å²) in [6, 6.07) is 12.1. The predicted octanol–water partition coefficient (Wildman–Crippen LogP) is 3.25. The summed E-state index contributed by atoms with van der Waals surface area (Å²) < 4.78 is 5.42. The number of thiophene rings is 1. The van der Waals surface area contributed by atoms with Gasteiger partial charge in [-0.1, -0.05) is 12.1 Å². The van der Waals surface area contributed by atoms with Crippen molar-refractivity contribution in [2.24, 2.45) is 5.92 Å². The molecule has 0 radical (unpaired) electrons. The van der Waals surface area contributed by atoms with Gasteiger partial charge in [-0.2, -0.15) is 0 Å². The number of amides is 1. The fourth-order valence-electron chi connectivity index (χ4n) is 3.87. The van der Waals surface area contributed by atoms with Crippen molar-refractivity contribution in [1.29, 1.82) is 0 Å². The second-order valence-corrected chi connectivity index (χ2v) is 7.77. The van der Waals surface area contributed by atoms with Gasteiger partial charge in [-0.3, -0.25) is 4.79 Å². The average Bonchev–Trinajstić information content (AvgIpc) is 3.22. The lowest BCUT2D eigenvalue weighted by Gasteiger charge is -2.30. The Balaban J connectivity index is 1.47. The highest BCUT2D eigenvalue weighted by Crippen LogP contribution is 2.35. The summed E-state index contributed by atoms with van der Waals surface area (Å²) in [6.07, 6.45) is 2.40. The van der Waals surface area contributed by atoms with E-state index in [1.165, 1.54) is 30.8 Å². The van der Waals surface area contributed by atoms with E-state index in [4.69, 9.17) is 4.74 Å². The second-order valence-electron chi connectivity index (χ2n) is 6.68. The van der Waals surface area contributed by atoms with Crippen molar-refractivity contribution in [2.75, 3.05) is 26.7 Å². The van der Waals surface area contributed by atoms with Gasteiger partial charge in [0.1, 0.15) is 5.75 Å². The quantitative estimate of drug-likeness (QED) is 0.927. The topological polar surface area (TPSA) is 41.6 Å². The van der Waals surface area contributed by atoms with Gasteiger partial charge in [-0.05, 0) is 49.6 Å². The van der Waals surface area contributed by atoms with Crippen LogP contribution in [0.3, 0.4) is 0 Å². The standard InChI is InChI=1S/C19H22N2O2S/c1-23-16-5-3-2-4-15(16)17-6-7-18(24-17)19(22)20-14-10-13-8-9-21(11-13)12-14/h2-7,13-14H,8-12H2,1H3,(H,20,22)/t13-,14+/m1/s1. The van der Waals surface area contributed by atoms with Crippen molar-refractivity contribution in [3.63, 3.8) is 0 Å². The van der Waals surface area contributed by atoms with Crippen LogP contribution in [-0.4, -0.2) is 43.6 Å². The van der Waals surface area contributed by atoms with E-state index in [9.17, 15) is 4.79 Å². The average molecular weight is 342 g/mol. The number of nitrogens with zero attached hydrogens (tertiary/aromatic N) is 1. The molecule has 2 aliphatic heterocycles. The maximum absolute atomic E-state index is 12.6. The first-order valence-electron chi connectivity index (χ1n) is 8.49. The van der Waals surface area contributed by atoms with Crippen LogP contribution in [0.2, 0.25) is 0 Å². The molecule has 3 heterocycles. The predicted molar refractivity (Wildman–Crippen MR) is 96.7 cm³/mol. The lowest BCUT2D eigenvalue weighted by Crippen LogP contribution is -2.46. The Bertz CT molecular complexity index is 730. The summed E-state index contributed by atoms with van der Waals surface area (Å²) in [6.45, 7) is 3.39. The Morgan fingerprint density at radius 1 is 1.25 bits per heavy atom. The number of nitrogens with one attached hydrogen (secondary N) is 1. The van der Waals surface area contributed by atoms with Gasteiger partial charge >= 0.3 is 0 Å². The highest BCUT2D eigenvalue weighted by atomic mass is 32.1. The second kappa shape index (κ2) is 6.57. The molecule has 2 fully saturated rings. The zero-order chi connectivity index (χ0) is 16.5. The van der Waals surface area contributed by atoms with Crippen molar-refractivity contribution in [2.45, 2.75) is 18.9 Å². The summed E-state index contributed by atoms with van der Waals surface area (Å²) in [5.41, 5.74) is 1.03. The Hall–Kier alpha value is -1.85. The molecule has 0 saturated carbocycles. The minimum atomic E-state index is 0.0497. The Morgan fingerprint density at radius 3 is 2.96 bits per heavy atom. The highest BCUT2D eigenvalue weighted by Gasteiger charge is 2.33. The molecule has 2 aromatic rings. The van der Waals surface area contributed by atoms with Crippen LogP contribution in [0.5, 0.6) is 5.75 Å². The van der Waals surface area contributed by atoms with Gasteiger partial charge in [0, 0.05) is 29.6 Å². The normalized spacial score (nSPS) is 25.5. The molecule has 1 amide bonds. The molecule has 1 aromatic carbocycles. The lowest BCUT2D eigenvalue weighted by atomic mass is 9.97. The summed E-state index contributed by atoms with van der Waals surface area (Å²) in [7, 11) is 1.67. The molecule has 126 valence electrons. The lowest BCUT2D eigenvalue weighted by molar-refractivity contribution is 0.0913. The molecule has 4 nitrogen and oxygen atoms in total. The van der Waals surface area contributed by atoms with Crippen molar-refractivity contribution in [3.05, 3.63) is 41.3 Å². The molecular formula is C19H22N2O2S. The first-order valence-corrected chi connectivity index (χ1v) is 9.31. The van der Waals surface area contributed by atoms with Crippen LogP contribution in [0, 0.1) is 5.92 Å². The van der Waals surface area contributed by atoms with Crippen molar-refractivity contribution in [1.82, 2.24) is 10.2 Å². The molecule has 1 N–H and O–H groups in total. The number of fused-ring (bicyclic) bond motifs is 2. The molecule has 1 unspecified atom stereocenters. The van der Waals surface area contributed by atoms with Crippen LogP contribution < -0.4 is 10.1 Å². The van der Waals surface area contributed by atoms with Crippen LogP contribution in [0.1, 0.15) is 22.5 Å². The number of carbonyl (C=O) groups is 1.